The zero-order valence-corrected chi connectivity index (χ0v) is 16.7. The summed E-state index contributed by atoms with van der Waals surface area (Å²) >= 11 is 0. The third-order valence-electron chi connectivity index (χ3n) is 4.71. The lowest BCUT2D eigenvalue weighted by Gasteiger charge is -2.23. The molecule has 1 amide bonds. The van der Waals surface area contributed by atoms with Gasteiger partial charge in [0.1, 0.15) is 0 Å². The van der Waals surface area contributed by atoms with E-state index in [9.17, 15) is 22.8 Å². The molecule has 0 radical (unpaired) electrons. The normalized spacial score (nSPS) is 20.0. The van der Waals surface area contributed by atoms with Gasteiger partial charge < -0.3 is 10.1 Å². The standard InChI is InChI=1S/C21H21NO6S/c1-21(11-12-29(26,27)14-21)22-18(23)13-28-20(25)17-10-6-5-9-16(17)19(24)15-7-3-2-4-8-15/h2-10H,11-14H2,1H3,(H,22,23)/t21-/m1/s1. The Labute approximate surface area is 169 Å². The van der Waals surface area contributed by atoms with Crippen molar-refractivity contribution in [3.05, 3.63) is 71.3 Å². The Hall–Kier alpha value is -3.00. The van der Waals surface area contributed by atoms with Crippen LogP contribution in [0.1, 0.15) is 39.6 Å². The molecule has 29 heavy (non-hydrogen) atoms. The molecule has 0 bridgehead atoms. The number of carbonyl (C=O) groups excluding carboxylic acids is 3. The highest BCUT2D eigenvalue weighted by Crippen LogP contribution is 2.22. The van der Waals surface area contributed by atoms with Crippen molar-refractivity contribution in [3.8, 4) is 0 Å². The number of sulfone groups is 1. The van der Waals surface area contributed by atoms with Gasteiger partial charge in [-0.1, -0.05) is 48.5 Å². The van der Waals surface area contributed by atoms with Gasteiger partial charge in [0.15, 0.2) is 22.2 Å². The highest BCUT2D eigenvalue weighted by Gasteiger charge is 2.39. The zero-order valence-electron chi connectivity index (χ0n) is 15.9. The number of benzene rings is 2. The van der Waals surface area contributed by atoms with Gasteiger partial charge in [-0.25, -0.2) is 13.2 Å². The molecular formula is C21H21NO6S. The molecule has 1 aliphatic heterocycles. The van der Waals surface area contributed by atoms with Gasteiger partial charge in [-0.2, -0.15) is 0 Å². The van der Waals surface area contributed by atoms with Crippen LogP contribution in [0.3, 0.4) is 0 Å². The molecule has 1 saturated heterocycles. The van der Waals surface area contributed by atoms with Crippen molar-refractivity contribution >= 4 is 27.5 Å². The van der Waals surface area contributed by atoms with Gasteiger partial charge in [0.05, 0.1) is 22.6 Å². The van der Waals surface area contributed by atoms with Gasteiger partial charge in [-0.3, -0.25) is 9.59 Å². The Balaban J connectivity index is 1.66. The van der Waals surface area contributed by atoms with E-state index in [1.165, 1.54) is 12.1 Å². The summed E-state index contributed by atoms with van der Waals surface area (Å²) in [5, 5.41) is 2.62. The van der Waals surface area contributed by atoms with E-state index in [4.69, 9.17) is 4.74 Å². The molecule has 1 heterocycles. The van der Waals surface area contributed by atoms with Gasteiger partial charge in [0.2, 0.25) is 0 Å². The SMILES string of the molecule is C[C@@]1(NC(=O)COC(=O)c2ccccc2C(=O)c2ccccc2)CCS(=O)(=O)C1. The maximum absolute atomic E-state index is 12.7. The van der Waals surface area contributed by atoms with Crippen LogP contribution in [0.5, 0.6) is 0 Å². The Morgan fingerprint density at radius 2 is 1.62 bits per heavy atom. The quantitative estimate of drug-likeness (QED) is 0.569. The number of rotatable bonds is 6. The predicted octanol–water partition coefficient (Wildman–Crippen LogP) is 1.77. The molecular weight excluding hydrogens is 394 g/mol. The summed E-state index contributed by atoms with van der Waals surface area (Å²) in [7, 11) is -3.18. The molecule has 8 heteroatoms. The third kappa shape index (κ3) is 5.08. The molecule has 1 N–H and O–H groups in total. The van der Waals surface area contributed by atoms with Crippen molar-refractivity contribution in [2.24, 2.45) is 0 Å². The minimum absolute atomic E-state index is 0.0124. The topological polar surface area (TPSA) is 107 Å². The predicted molar refractivity (Wildman–Crippen MR) is 106 cm³/mol. The van der Waals surface area contributed by atoms with Crippen LogP contribution in [-0.2, 0) is 19.4 Å². The number of nitrogens with one attached hydrogen (secondary N) is 1. The largest absolute Gasteiger partial charge is 0.452 e. The summed E-state index contributed by atoms with van der Waals surface area (Å²) in [4.78, 5) is 37.3. The maximum Gasteiger partial charge on any atom is 0.339 e. The summed E-state index contributed by atoms with van der Waals surface area (Å²) in [6.07, 6.45) is 0.309. The third-order valence-corrected chi connectivity index (χ3v) is 6.61. The van der Waals surface area contributed by atoms with Gasteiger partial charge >= 0.3 is 5.97 Å². The summed E-state index contributed by atoms with van der Waals surface area (Å²) in [5.41, 5.74) is -0.202. The van der Waals surface area contributed by atoms with Crippen LogP contribution in [0.15, 0.2) is 54.6 Å². The van der Waals surface area contributed by atoms with E-state index in [-0.39, 0.29) is 28.4 Å². The van der Waals surface area contributed by atoms with Crippen LogP contribution in [0.25, 0.3) is 0 Å². The molecule has 0 unspecified atom stereocenters. The van der Waals surface area contributed by atoms with E-state index >= 15 is 0 Å². The van der Waals surface area contributed by atoms with Crippen LogP contribution in [-0.4, -0.2) is 49.7 Å². The summed E-state index contributed by atoms with van der Waals surface area (Å²) < 4.78 is 28.3. The number of carbonyl (C=O) groups is 3. The molecule has 1 aliphatic rings. The van der Waals surface area contributed by atoms with Crippen molar-refractivity contribution in [2.45, 2.75) is 18.9 Å². The first-order valence-electron chi connectivity index (χ1n) is 9.06. The van der Waals surface area contributed by atoms with E-state index < -0.39 is 33.9 Å². The summed E-state index contributed by atoms with van der Waals surface area (Å²) in [6.45, 7) is 1.08. The second kappa shape index (κ2) is 8.16. The average Bonchev–Trinajstić information content (AvgIpc) is 2.98. The second-order valence-electron chi connectivity index (χ2n) is 7.27. The molecule has 0 saturated carbocycles. The van der Waals surface area contributed by atoms with Gasteiger partial charge in [-0.15, -0.1) is 0 Å². The van der Waals surface area contributed by atoms with Gasteiger partial charge in [0.25, 0.3) is 5.91 Å². The highest BCUT2D eigenvalue weighted by molar-refractivity contribution is 7.91. The molecule has 1 atom stereocenters. The zero-order chi connectivity index (χ0) is 21.1. The van der Waals surface area contributed by atoms with Crippen LogP contribution >= 0.6 is 0 Å². The highest BCUT2D eigenvalue weighted by atomic mass is 32.2. The molecule has 2 aromatic carbocycles. The van der Waals surface area contributed by atoms with Crippen LogP contribution in [0, 0.1) is 0 Å². The molecule has 3 rings (SSSR count). The number of ketones is 1. The Bertz CT molecular complexity index is 1050. The van der Waals surface area contributed by atoms with Gasteiger partial charge in [0, 0.05) is 11.1 Å². The van der Waals surface area contributed by atoms with E-state index in [0.717, 1.165) is 0 Å². The van der Waals surface area contributed by atoms with E-state index in [0.29, 0.717) is 12.0 Å². The van der Waals surface area contributed by atoms with Crippen LogP contribution in [0.4, 0.5) is 0 Å². The van der Waals surface area contributed by atoms with Crippen molar-refractivity contribution in [2.75, 3.05) is 18.1 Å². The number of esters is 1. The summed E-state index contributed by atoms with van der Waals surface area (Å²) in [5.74, 6) is -1.85. The molecule has 1 fully saturated rings. The molecule has 0 aromatic heterocycles. The molecule has 152 valence electrons. The lowest BCUT2D eigenvalue weighted by Crippen LogP contribution is -2.48. The number of hydrogen-bond donors (Lipinski definition) is 1. The fourth-order valence-electron chi connectivity index (χ4n) is 3.29. The monoisotopic (exact) mass is 415 g/mol. The Kier molecular flexibility index (Phi) is 5.83. The summed E-state index contributed by atoms with van der Waals surface area (Å²) in [6, 6.07) is 14.8. The van der Waals surface area contributed by atoms with Crippen molar-refractivity contribution in [1.82, 2.24) is 5.32 Å². The van der Waals surface area contributed by atoms with E-state index in [1.54, 1.807) is 49.4 Å². The first kappa shape index (κ1) is 20.7. The van der Waals surface area contributed by atoms with E-state index in [2.05, 4.69) is 5.32 Å². The van der Waals surface area contributed by atoms with E-state index in [1.807, 2.05) is 0 Å². The second-order valence-corrected chi connectivity index (χ2v) is 9.45. The molecule has 2 aromatic rings. The first-order valence-corrected chi connectivity index (χ1v) is 10.9. The number of amides is 1. The molecule has 0 spiro atoms. The number of ether oxygens (including phenoxy) is 1. The lowest BCUT2D eigenvalue weighted by atomic mass is 9.98. The van der Waals surface area contributed by atoms with Crippen molar-refractivity contribution in [3.63, 3.8) is 0 Å². The molecule has 0 aliphatic carbocycles. The minimum Gasteiger partial charge on any atom is -0.452 e. The number of hydrogen-bond acceptors (Lipinski definition) is 6. The fourth-order valence-corrected chi connectivity index (χ4v) is 5.39. The van der Waals surface area contributed by atoms with Crippen LogP contribution in [0.2, 0.25) is 0 Å². The Morgan fingerprint density at radius 3 is 2.24 bits per heavy atom. The van der Waals surface area contributed by atoms with Gasteiger partial charge in [-0.05, 0) is 19.4 Å². The maximum atomic E-state index is 12.7. The lowest BCUT2D eigenvalue weighted by molar-refractivity contribution is -0.125. The average molecular weight is 415 g/mol. The first-order chi connectivity index (χ1) is 13.7. The molecule has 7 nitrogen and oxygen atoms in total. The van der Waals surface area contributed by atoms with Crippen molar-refractivity contribution in [1.29, 1.82) is 0 Å². The van der Waals surface area contributed by atoms with Crippen LogP contribution < -0.4 is 5.32 Å². The minimum atomic E-state index is -3.18. The Morgan fingerprint density at radius 1 is 1.00 bits per heavy atom. The smallest absolute Gasteiger partial charge is 0.339 e. The fraction of sp³-hybridized carbons (Fsp3) is 0.286. The van der Waals surface area contributed by atoms with Crippen molar-refractivity contribution < 1.29 is 27.5 Å².